The van der Waals surface area contributed by atoms with E-state index in [-0.39, 0.29) is 11.9 Å². The van der Waals surface area contributed by atoms with Crippen LogP contribution in [-0.4, -0.2) is 73.5 Å². The Morgan fingerprint density at radius 2 is 1.76 bits per heavy atom. The van der Waals surface area contributed by atoms with Gasteiger partial charge in [-0.1, -0.05) is 0 Å². The number of rotatable bonds is 11. The highest BCUT2D eigenvalue weighted by molar-refractivity contribution is 5.84. The molecule has 3 aromatic rings. The summed E-state index contributed by atoms with van der Waals surface area (Å²) in [6.07, 6.45) is -1.29. The number of amides is 1. The van der Waals surface area contributed by atoms with Gasteiger partial charge in [0, 0.05) is 56.9 Å². The van der Waals surface area contributed by atoms with Crippen molar-refractivity contribution in [2.75, 3.05) is 36.8 Å². The van der Waals surface area contributed by atoms with Gasteiger partial charge < -0.3 is 20.1 Å². The third-order valence-corrected chi connectivity index (χ3v) is 6.70. The first kappa shape index (κ1) is 27.6. The number of carbonyl (C=O) groups is 1. The molecule has 1 aliphatic heterocycles. The zero-order valence-electron chi connectivity index (χ0n) is 22.2. The molecule has 2 N–H and O–H groups in total. The number of imidazole rings is 1. The monoisotopic (exact) mass is 532 g/mol. The van der Waals surface area contributed by atoms with Crippen LogP contribution in [0.5, 0.6) is 0 Å². The van der Waals surface area contributed by atoms with Crippen LogP contribution < -0.4 is 10.6 Å². The molecule has 206 valence electrons. The summed E-state index contributed by atoms with van der Waals surface area (Å²) >= 11 is 0. The molecule has 38 heavy (non-hydrogen) atoms. The van der Waals surface area contributed by atoms with E-state index in [0.717, 1.165) is 31.6 Å². The minimum atomic E-state index is -4.41. The second-order valence-electron chi connectivity index (χ2n) is 10.0. The van der Waals surface area contributed by atoms with Crippen molar-refractivity contribution in [2.45, 2.75) is 65.3 Å². The Bertz CT molecular complexity index is 1230. The van der Waals surface area contributed by atoms with Gasteiger partial charge in [0.25, 0.3) is 0 Å². The molecule has 0 spiro atoms. The first-order valence-electron chi connectivity index (χ1n) is 13.0. The number of anilines is 3. The van der Waals surface area contributed by atoms with Crippen LogP contribution in [0.3, 0.4) is 0 Å². The maximum absolute atomic E-state index is 13.0. The van der Waals surface area contributed by atoms with Gasteiger partial charge in [-0.2, -0.15) is 23.1 Å². The number of halogens is 3. The highest BCUT2D eigenvalue weighted by Gasteiger charge is 2.30. The molecule has 3 heterocycles. The second kappa shape index (κ2) is 11.5. The van der Waals surface area contributed by atoms with E-state index in [1.165, 1.54) is 12.1 Å². The summed E-state index contributed by atoms with van der Waals surface area (Å²) in [6, 6.07) is 5.50. The van der Waals surface area contributed by atoms with Gasteiger partial charge in [-0.05, 0) is 58.4 Å². The number of fused-ring (bicyclic) bond motifs is 1. The van der Waals surface area contributed by atoms with Crippen molar-refractivity contribution in [1.82, 2.24) is 29.3 Å². The molecule has 9 nitrogen and oxygen atoms in total. The average molecular weight is 533 g/mol. The zero-order chi connectivity index (χ0) is 27.4. The molecule has 1 aromatic carbocycles. The summed E-state index contributed by atoms with van der Waals surface area (Å²) < 4.78 is 40.8. The highest BCUT2D eigenvalue weighted by atomic mass is 19.4. The van der Waals surface area contributed by atoms with Crippen LogP contribution in [0, 0.1) is 0 Å². The predicted octanol–water partition coefficient (Wildman–Crippen LogP) is 4.74. The van der Waals surface area contributed by atoms with Gasteiger partial charge in [-0.15, -0.1) is 0 Å². The molecule has 0 unspecified atom stereocenters. The smallest absolute Gasteiger partial charge is 0.367 e. The minimum Gasteiger partial charge on any atom is -0.367 e. The summed E-state index contributed by atoms with van der Waals surface area (Å²) in [6.45, 7) is 11.9. The molecule has 12 heteroatoms. The van der Waals surface area contributed by atoms with Crippen LogP contribution in [0.1, 0.15) is 46.1 Å². The molecule has 0 atom stereocenters. The van der Waals surface area contributed by atoms with E-state index >= 15 is 0 Å². The molecule has 1 fully saturated rings. The van der Waals surface area contributed by atoms with Crippen LogP contribution in [-0.2, 0) is 17.5 Å². The topological polar surface area (TPSA) is 91.2 Å². The van der Waals surface area contributed by atoms with Crippen LogP contribution in [0.4, 0.5) is 30.6 Å². The molecule has 2 aromatic heterocycles. The molecular formula is C26H35F3N8O. The van der Waals surface area contributed by atoms with Crippen LogP contribution in [0.2, 0.25) is 0 Å². The van der Waals surface area contributed by atoms with Crippen molar-refractivity contribution in [2.24, 2.45) is 0 Å². The number of hydrogen-bond donors (Lipinski definition) is 2. The number of hydrogen-bond acceptors (Lipinski definition) is 7. The SMILES string of the molecule is CC(C)N(CCNc1nc(Nc2ccc(C(F)(F)F)cc2)nc2c1ncn2CCN1CCCC1=O)C(C)C. The van der Waals surface area contributed by atoms with Gasteiger partial charge in [-0.3, -0.25) is 9.69 Å². The number of carbonyl (C=O) groups excluding carboxylic acids is 1. The van der Waals surface area contributed by atoms with E-state index in [0.29, 0.717) is 60.8 Å². The van der Waals surface area contributed by atoms with E-state index in [9.17, 15) is 18.0 Å². The van der Waals surface area contributed by atoms with E-state index in [2.05, 4.69) is 58.2 Å². The highest BCUT2D eigenvalue weighted by Crippen LogP contribution is 2.30. The van der Waals surface area contributed by atoms with Crippen molar-refractivity contribution in [3.05, 3.63) is 36.2 Å². The van der Waals surface area contributed by atoms with Crippen LogP contribution in [0.25, 0.3) is 11.2 Å². The van der Waals surface area contributed by atoms with Gasteiger partial charge in [0.2, 0.25) is 11.9 Å². The Hall–Kier alpha value is -3.41. The van der Waals surface area contributed by atoms with Crippen molar-refractivity contribution >= 4 is 34.5 Å². The Morgan fingerprint density at radius 1 is 1.05 bits per heavy atom. The quantitative estimate of drug-likeness (QED) is 0.369. The normalized spacial score (nSPS) is 14.5. The Labute approximate surface area is 220 Å². The van der Waals surface area contributed by atoms with E-state index in [1.807, 2.05) is 9.47 Å². The number of aromatic nitrogens is 4. The number of nitrogens with one attached hydrogen (secondary N) is 2. The van der Waals surface area contributed by atoms with Gasteiger partial charge in [0.15, 0.2) is 17.0 Å². The molecule has 1 amide bonds. The van der Waals surface area contributed by atoms with Gasteiger partial charge in [-0.25, -0.2) is 4.98 Å². The Morgan fingerprint density at radius 3 is 2.37 bits per heavy atom. The van der Waals surface area contributed by atoms with Crippen LogP contribution >= 0.6 is 0 Å². The molecule has 0 radical (unpaired) electrons. The van der Waals surface area contributed by atoms with Gasteiger partial charge in [0.05, 0.1) is 11.9 Å². The predicted molar refractivity (Wildman–Crippen MR) is 141 cm³/mol. The van der Waals surface area contributed by atoms with E-state index in [1.54, 1.807) is 6.33 Å². The van der Waals surface area contributed by atoms with Gasteiger partial charge >= 0.3 is 6.18 Å². The fraction of sp³-hybridized carbons (Fsp3) is 0.538. The molecular weight excluding hydrogens is 497 g/mol. The molecule has 1 aliphatic rings. The number of benzene rings is 1. The number of likely N-dealkylation sites (tertiary alicyclic amines) is 1. The third kappa shape index (κ3) is 6.53. The Balaban J connectivity index is 1.59. The molecule has 0 aliphatic carbocycles. The van der Waals surface area contributed by atoms with Crippen molar-refractivity contribution in [3.63, 3.8) is 0 Å². The first-order chi connectivity index (χ1) is 18.0. The lowest BCUT2D eigenvalue weighted by molar-refractivity contribution is -0.137. The van der Waals surface area contributed by atoms with Crippen LogP contribution in [0.15, 0.2) is 30.6 Å². The third-order valence-electron chi connectivity index (χ3n) is 6.70. The summed E-state index contributed by atoms with van der Waals surface area (Å²) in [5.41, 5.74) is 0.878. The molecule has 1 saturated heterocycles. The van der Waals surface area contributed by atoms with Crippen molar-refractivity contribution in [3.8, 4) is 0 Å². The Kier molecular flexibility index (Phi) is 8.39. The fourth-order valence-corrected chi connectivity index (χ4v) is 4.74. The molecule has 4 rings (SSSR count). The lowest BCUT2D eigenvalue weighted by Gasteiger charge is -2.30. The fourth-order valence-electron chi connectivity index (χ4n) is 4.74. The molecule has 0 bridgehead atoms. The minimum absolute atomic E-state index is 0.149. The van der Waals surface area contributed by atoms with Crippen molar-refractivity contribution in [1.29, 1.82) is 0 Å². The van der Waals surface area contributed by atoms with E-state index in [4.69, 9.17) is 0 Å². The van der Waals surface area contributed by atoms with Crippen molar-refractivity contribution < 1.29 is 18.0 Å². The second-order valence-corrected chi connectivity index (χ2v) is 10.0. The maximum atomic E-state index is 13.0. The average Bonchev–Trinajstić information content (AvgIpc) is 3.45. The maximum Gasteiger partial charge on any atom is 0.416 e. The summed E-state index contributed by atoms with van der Waals surface area (Å²) in [5.74, 6) is 0.923. The zero-order valence-corrected chi connectivity index (χ0v) is 22.2. The van der Waals surface area contributed by atoms with Gasteiger partial charge in [0.1, 0.15) is 0 Å². The summed E-state index contributed by atoms with van der Waals surface area (Å²) in [5, 5.41) is 6.41. The van der Waals surface area contributed by atoms with E-state index < -0.39 is 11.7 Å². The lowest BCUT2D eigenvalue weighted by atomic mass is 10.2. The number of nitrogens with zero attached hydrogens (tertiary/aromatic N) is 6. The first-order valence-corrected chi connectivity index (χ1v) is 13.0. The standard InChI is InChI=1S/C26H35F3N8O/c1-17(2)37(18(3)4)13-11-30-23-22-24(36(16-31-22)15-14-35-12-5-6-21(35)38)34-25(33-23)32-20-9-7-19(8-10-20)26(27,28)29/h7-10,16-18H,5-6,11-15H2,1-4H3,(H2,30,32,33,34). The molecule has 0 saturated carbocycles. The number of alkyl halides is 3. The largest absolute Gasteiger partial charge is 0.416 e. The summed E-state index contributed by atoms with van der Waals surface area (Å²) in [7, 11) is 0. The summed E-state index contributed by atoms with van der Waals surface area (Å²) in [4.78, 5) is 30.0. The lowest BCUT2D eigenvalue weighted by Crippen LogP contribution is -2.40.